The fourth-order valence-electron chi connectivity index (χ4n) is 2.12. The van der Waals surface area contributed by atoms with E-state index in [9.17, 15) is 0 Å². The zero-order valence-corrected chi connectivity index (χ0v) is 10.4. The van der Waals surface area contributed by atoms with Crippen molar-refractivity contribution in [1.82, 2.24) is 0 Å². The molecule has 1 aliphatic heterocycles. The number of allylic oxidation sites excluding steroid dienone is 2. The maximum atomic E-state index is 7.47. The molecule has 1 aromatic rings. The maximum Gasteiger partial charge on any atom is 0.0867 e. The van der Waals surface area contributed by atoms with Crippen LogP contribution in [-0.4, -0.2) is 12.3 Å². The molecule has 0 amide bonds. The summed E-state index contributed by atoms with van der Waals surface area (Å²) in [6.45, 7) is 4.29. The summed E-state index contributed by atoms with van der Waals surface area (Å²) in [6, 6.07) is 6.57. The van der Waals surface area contributed by atoms with E-state index in [-0.39, 0.29) is 6.04 Å². The highest BCUT2D eigenvalue weighted by molar-refractivity contribution is 5.74. The minimum Gasteiger partial charge on any atom is -0.336 e. The number of aryl methyl sites for hydroxylation is 2. The lowest BCUT2D eigenvalue weighted by Crippen LogP contribution is -2.31. The standard InChI is InChI=1S/C15H18N2/c1-3-13-7-8-15(12(2)10-13)17-9-5-4-6-14(17)11-16/h4-11,14,16H,3H2,1-2H3. The van der Waals surface area contributed by atoms with Crippen LogP contribution < -0.4 is 4.90 Å². The van der Waals surface area contributed by atoms with E-state index >= 15 is 0 Å². The molecule has 0 aromatic heterocycles. The minimum absolute atomic E-state index is 0.0335. The zero-order chi connectivity index (χ0) is 12.3. The van der Waals surface area contributed by atoms with Crippen LogP contribution in [0.5, 0.6) is 0 Å². The van der Waals surface area contributed by atoms with Crippen LogP contribution in [0.1, 0.15) is 18.1 Å². The third kappa shape index (κ3) is 2.31. The van der Waals surface area contributed by atoms with Gasteiger partial charge in [-0.05, 0) is 36.6 Å². The second-order valence-electron chi connectivity index (χ2n) is 4.27. The van der Waals surface area contributed by atoms with Crippen LogP contribution in [0.3, 0.4) is 0 Å². The highest BCUT2D eigenvalue weighted by Gasteiger charge is 2.15. The summed E-state index contributed by atoms with van der Waals surface area (Å²) in [5.74, 6) is 0. The van der Waals surface area contributed by atoms with Gasteiger partial charge in [0.15, 0.2) is 0 Å². The summed E-state index contributed by atoms with van der Waals surface area (Å²) in [6.07, 6.45) is 10.6. The Balaban J connectivity index is 2.36. The molecular weight excluding hydrogens is 208 g/mol. The minimum atomic E-state index is 0.0335. The monoisotopic (exact) mass is 226 g/mol. The van der Waals surface area contributed by atoms with Crippen molar-refractivity contribution in [2.75, 3.05) is 4.90 Å². The SMILES string of the molecule is CCc1ccc(N2C=CC=CC2C=N)c(C)c1. The number of rotatable bonds is 3. The van der Waals surface area contributed by atoms with Crippen molar-refractivity contribution < 1.29 is 0 Å². The van der Waals surface area contributed by atoms with Gasteiger partial charge in [-0.15, -0.1) is 0 Å². The molecule has 1 unspecified atom stereocenters. The van der Waals surface area contributed by atoms with E-state index in [1.165, 1.54) is 23.0 Å². The Morgan fingerprint density at radius 2 is 2.18 bits per heavy atom. The van der Waals surface area contributed by atoms with Crippen molar-refractivity contribution in [3.05, 3.63) is 53.8 Å². The van der Waals surface area contributed by atoms with Gasteiger partial charge in [0.2, 0.25) is 0 Å². The Morgan fingerprint density at radius 3 is 2.82 bits per heavy atom. The number of nitrogens with one attached hydrogen (secondary N) is 1. The van der Waals surface area contributed by atoms with Gasteiger partial charge in [-0.2, -0.15) is 0 Å². The average Bonchev–Trinajstić information content (AvgIpc) is 2.38. The summed E-state index contributed by atoms with van der Waals surface area (Å²) in [5, 5.41) is 7.47. The van der Waals surface area contributed by atoms with Crippen LogP contribution in [-0.2, 0) is 6.42 Å². The second kappa shape index (κ2) is 5.00. The fraction of sp³-hybridized carbons (Fsp3) is 0.267. The van der Waals surface area contributed by atoms with Crippen molar-refractivity contribution in [1.29, 1.82) is 5.41 Å². The van der Waals surface area contributed by atoms with E-state index in [0.717, 1.165) is 6.42 Å². The molecule has 1 atom stereocenters. The lowest BCUT2D eigenvalue weighted by atomic mass is 10.1. The quantitative estimate of drug-likeness (QED) is 0.785. The van der Waals surface area contributed by atoms with Crippen LogP contribution in [0.2, 0.25) is 0 Å². The van der Waals surface area contributed by atoms with Crippen molar-refractivity contribution in [2.24, 2.45) is 0 Å². The van der Waals surface area contributed by atoms with Gasteiger partial charge in [0.25, 0.3) is 0 Å². The molecule has 0 spiro atoms. The van der Waals surface area contributed by atoms with Crippen LogP contribution in [0, 0.1) is 12.3 Å². The number of hydrogen-bond acceptors (Lipinski definition) is 2. The molecule has 1 aliphatic rings. The van der Waals surface area contributed by atoms with Crippen molar-refractivity contribution in [2.45, 2.75) is 26.3 Å². The predicted octanol–water partition coefficient (Wildman–Crippen LogP) is 3.47. The molecule has 2 nitrogen and oxygen atoms in total. The molecular formula is C15H18N2. The number of anilines is 1. The van der Waals surface area contributed by atoms with E-state index in [0.29, 0.717) is 0 Å². The van der Waals surface area contributed by atoms with Crippen LogP contribution in [0.4, 0.5) is 5.69 Å². The number of benzene rings is 1. The van der Waals surface area contributed by atoms with E-state index < -0.39 is 0 Å². The largest absolute Gasteiger partial charge is 0.336 e. The van der Waals surface area contributed by atoms with Crippen LogP contribution >= 0.6 is 0 Å². The van der Waals surface area contributed by atoms with Gasteiger partial charge in [-0.3, -0.25) is 0 Å². The molecule has 1 N–H and O–H groups in total. The Labute approximate surface area is 103 Å². The van der Waals surface area contributed by atoms with Crippen molar-refractivity contribution in [3.63, 3.8) is 0 Å². The molecule has 17 heavy (non-hydrogen) atoms. The lowest BCUT2D eigenvalue weighted by molar-refractivity contribution is 0.963. The lowest BCUT2D eigenvalue weighted by Gasteiger charge is -2.29. The Kier molecular flexibility index (Phi) is 3.43. The first kappa shape index (κ1) is 11.6. The van der Waals surface area contributed by atoms with Crippen LogP contribution in [0.25, 0.3) is 0 Å². The summed E-state index contributed by atoms with van der Waals surface area (Å²) < 4.78 is 0. The molecule has 0 radical (unpaired) electrons. The second-order valence-corrected chi connectivity index (χ2v) is 4.27. The normalized spacial score (nSPS) is 18.5. The molecule has 0 saturated heterocycles. The fourth-order valence-corrected chi connectivity index (χ4v) is 2.12. The molecule has 0 saturated carbocycles. The smallest absolute Gasteiger partial charge is 0.0867 e. The highest BCUT2D eigenvalue weighted by atomic mass is 15.1. The van der Waals surface area contributed by atoms with Crippen LogP contribution in [0.15, 0.2) is 42.6 Å². The Bertz CT molecular complexity index is 472. The summed E-state index contributed by atoms with van der Waals surface area (Å²) in [4.78, 5) is 2.13. The first-order valence-electron chi connectivity index (χ1n) is 5.99. The van der Waals surface area contributed by atoms with Gasteiger partial charge in [0.1, 0.15) is 0 Å². The molecule has 1 aromatic carbocycles. The van der Waals surface area contributed by atoms with Gasteiger partial charge in [-0.25, -0.2) is 0 Å². The van der Waals surface area contributed by atoms with Crippen molar-refractivity contribution in [3.8, 4) is 0 Å². The predicted molar refractivity (Wildman–Crippen MR) is 73.9 cm³/mol. The van der Waals surface area contributed by atoms with Gasteiger partial charge >= 0.3 is 0 Å². The van der Waals surface area contributed by atoms with E-state index in [2.05, 4.69) is 36.9 Å². The third-order valence-corrected chi connectivity index (χ3v) is 3.11. The van der Waals surface area contributed by atoms with E-state index in [1.807, 2.05) is 24.4 Å². The molecule has 0 fully saturated rings. The van der Waals surface area contributed by atoms with Crippen molar-refractivity contribution >= 4 is 11.9 Å². The summed E-state index contributed by atoms with van der Waals surface area (Å²) >= 11 is 0. The summed E-state index contributed by atoms with van der Waals surface area (Å²) in [5.41, 5.74) is 3.79. The molecule has 2 heteroatoms. The number of hydrogen-bond donors (Lipinski definition) is 1. The molecule has 2 rings (SSSR count). The molecule has 0 bridgehead atoms. The Morgan fingerprint density at radius 1 is 1.35 bits per heavy atom. The zero-order valence-electron chi connectivity index (χ0n) is 10.4. The van der Waals surface area contributed by atoms with E-state index in [1.54, 1.807) is 0 Å². The molecule has 88 valence electrons. The summed E-state index contributed by atoms with van der Waals surface area (Å²) in [7, 11) is 0. The highest BCUT2D eigenvalue weighted by Crippen LogP contribution is 2.25. The van der Waals surface area contributed by atoms with Gasteiger partial charge < -0.3 is 10.3 Å². The van der Waals surface area contributed by atoms with Gasteiger partial charge in [0.05, 0.1) is 6.04 Å². The van der Waals surface area contributed by atoms with E-state index in [4.69, 9.17) is 5.41 Å². The third-order valence-electron chi connectivity index (χ3n) is 3.11. The maximum absolute atomic E-state index is 7.47. The molecule has 1 heterocycles. The first-order chi connectivity index (χ1) is 8.26. The topological polar surface area (TPSA) is 27.1 Å². The van der Waals surface area contributed by atoms with Gasteiger partial charge in [-0.1, -0.05) is 31.2 Å². The molecule has 0 aliphatic carbocycles. The number of nitrogens with zero attached hydrogens (tertiary/aromatic N) is 1. The Hall–Kier alpha value is -1.83. The first-order valence-corrected chi connectivity index (χ1v) is 5.99. The van der Waals surface area contributed by atoms with Gasteiger partial charge in [0, 0.05) is 18.1 Å². The average molecular weight is 226 g/mol.